The van der Waals surface area contributed by atoms with E-state index in [1.54, 1.807) is 19.4 Å². The molecule has 0 aliphatic carbocycles. The number of aromatic amines is 1. The first-order valence-electron chi connectivity index (χ1n) is 7.67. The third kappa shape index (κ3) is 4.51. The van der Waals surface area contributed by atoms with Gasteiger partial charge in [0.1, 0.15) is 11.6 Å². The predicted molar refractivity (Wildman–Crippen MR) is 93.5 cm³/mol. The fourth-order valence-corrected chi connectivity index (χ4v) is 2.11. The van der Waals surface area contributed by atoms with Crippen LogP contribution in [0.5, 0.6) is 5.75 Å². The second kappa shape index (κ2) is 7.87. The highest BCUT2D eigenvalue weighted by atomic mass is 16.5. The van der Waals surface area contributed by atoms with E-state index < -0.39 is 0 Å². The van der Waals surface area contributed by atoms with E-state index in [4.69, 9.17) is 4.74 Å². The Morgan fingerprint density at radius 3 is 2.80 bits per heavy atom. The topological polar surface area (TPSA) is 92.8 Å². The molecule has 7 nitrogen and oxygen atoms in total. The van der Waals surface area contributed by atoms with Gasteiger partial charge in [-0.1, -0.05) is 6.07 Å². The molecule has 2 N–H and O–H groups in total. The number of carbonyl (C=O) groups is 1. The predicted octanol–water partition coefficient (Wildman–Crippen LogP) is 2.20. The Kier molecular flexibility index (Phi) is 5.16. The summed E-state index contributed by atoms with van der Waals surface area (Å²) in [7, 11) is 1.62. The summed E-state index contributed by atoms with van der Waals surface area (Å²) in [6.45, 7) is 0.258. The van der Waals surface area contributed by atoms with Gasteiger partial charge in [0, 0.05) is 17.8 Å². The van der Waals surface area contributed by atoms with Crippen LogP contribution in [0.15, 0.2) is 54.7 Å². The van der Waals surface area contributed by atoms with Crippen molar-refractivity contribution in [2.45, 2.75) is 6.54 Å². The zero-order chi connectivity index (χ0) is 17.5. The summed E-state index contributed by atoms with van der Waals surface area (Å²) in [5, 5.41) is 9.72. The summed E-state index contributed by atoms with van der Waals surface area (Å²) < 4.78 is 5.12. The van der Waals surface area contributed by atoms with Crippen molar-refractivity contribution in [3.63, 3.8) is 0 Å². The number of nitrogens with zero attached hydrogens (tertiary/aromatic N) is 3. The number of nitrogens with one attached hydrogen (secondary N) is 2. The number of benzene rings is 1. The minimum atomic E-state index is -0.229. The van der Waals surface area contributed by atoms with Crippen LogP contribution in [0.2, 0.25) is 0 Å². The lowest BCUT2D eigenvalue weighted by molar-refractivity contribution is -0.116. The average molecular weight is 335 g/mol. The Labute approximate surface area is 144 Å². The second-order valence-corrected chi connectivity index (χ2v) is 5.14. The van der Waals surface area contributed by atoms with Crippen LogP contribution in [0.4, 0.5) is 0 Å². The third-order valence-corrected chi connectivity index (χ3v) is 3.40. The third-order valence-electron chi connectivity index (χ3n) is 3.40. The molecule has 0 unspecified atom stereocenters. The summed E-state index contributed by atoms with van der Waals surface area (Å²) in [4.78, 5) is 20.3. The number of rotatable bonds is 6. The lowest BCUT2D eigenvalue weighted by atomic mass is 10.2. The summed E-state index contributed by atoms with van der Waals surface area (Å²) in [6.07, 6.45) is 4.76. The first-order valence-corrected chi connectivity index (χ1v) is 7.67. The number of H-pyrrole nitrogens is 1. The molecule has 2 aromatic heterocycles. The number of aromatic nitrogens is 4. The smallest absolute Gasteiger partial charge is 0.244 e. The van der Waals surface area contributed by atoms with Crippen molar-refractivity contribution < 1.29 is 9.53 Å². The molecule has 25 heavy (non-hydrogen) atoms. The maximum Gasteiger partial charge on any atom is 0.244 e. The van der Waals surface area contributed by atoms with E-state index >= 15 is 0 Å². The van der Waals surface area contributed by atoms with Crippen molar-refractivity contribution in [2.24, 2.45) is 0 Å². The van der Waals surface area contributed by atoms with Crippen molar-refractivity contribution in [3.8, 4) is 17.1 Å². The molecule has 0 atom stereocenters. The molecule has 0 aliphatic heterocycles. The number of carbonyl (C=O) groups excluding carboxylic acids is 1. The van der Waals surface area contributed by atoms with E-state index in [0.29, 0.717) is 11.6 Å². The number of hydrogen-bond acceptors (Lipinski definition) is 5. The summed E-state index contributed by atoms with van der Waals surface area (Å²) in [6, 6.07) is 12.9. The summed E-state index contributed by atoms with van der Waals surface area (Å²) >= 11 is 0. The van der Waals surface area contributed by atoms with Crippen molar-refractivity contribution in [1.29, 1.82) is 0 Å². The zero-order valence-corrected chi connectivity index (χ0v) is 13.6. The van der Waals surface area contributed by atoms with Gasteiger partial charge in [-0.3, -0.25) is 14.9 Å². The first kappa shape index (κ1) is 16.4. The van der Waals surface area contributed by atoms with E-state index in [0.717, 1.165) is 17.0 Å². The van der Waals surface area contributed by atoms with Gasteiger partial charge < -0.3 is 10.1 Å². The van der Waals surface area contributed by atoms with Crippen LogP contribution in [0, 0.1) is 0 Å². The van der Waals surface area contributed by atoms with Crippen LogP contribution in [0.3, 0.4) is 0 Å². The Morgan fingerprint density at radius 1 is 1.24 bits per heavy atom. The van der Waals surface area contributed by atoms with Crippen LogP contribution in [0.25, 0.3) is 17.5 Å². The molecule has 7 heteroatoms. The summed E-state index contributed by atoms with van der Waals surface area (Å²) in [5.41, 5.74) is 1.59. The first-order chi connectivity index (χ1) is 12.2. The van der Waals surface area contributed by atoms with E-state index in [-0.39, 0.29) is 12.5 Å². The van der Waals surface area contributed by atoms with Crippen LogP contribution in [-0.4, -0.2) is 33.2 Å². The molecule has 0 fully saturated rings. The molecule has 3 rings (SSSR count). The maximum absolute atomic E-state index is 11.8. The Bertz CT molecular complexity index is 857. The number of hydrogen-bond donors (Lipinski definition) is 2. The van der Waals surface area contributed by atoms with Gasteiger partial charge >= 0.3 is 0 Å². The minimum Gasteiger partial charge on any atom is -0.497 e. The van der Waals surface area contributed by atoms with Crippen molar-refractivity contribution in [3.05, 3.63) is 66.3 Å². The standard InChI is InChI=1S/C18H17N5O2/c1-25-15-8-5-13(6-9-15)18-21-16(22-23-18)12-20-17(24)10-7-14-4-2-3-11-19-14/h2-11H,12H2,1H3,(H,20,24)(H,21,22,23)/b10-7+. The van der Waals surface area contributed by atoms with Gasteiger partial charge in [0.25, 0.3) is 0 Å². The highest BCUT2D eigenvalue weighted by Gasteiger charge is 2.07. The molecule has 0 bridgehead atoms. The molecular formula is C18H17N5O2. The van der Waals surface area contributed by atoms with Crippen LogP contribution >= 0.6 is 0 Å². The van der Waals surface area contributed by atoms with Crippen LogP contribution in [-0.2, 0) is 11.3 Å². The monoisotopic (exact) mass is 335 g/mol. The number of ether oxygens (including phenoxy) is 1. The molecule has 0 aliphatic rings. The van der Waals surface area contributed by atoms with Gasteiger partial charge in [0.2, 0.25) is 5.91 Å². The fourth-order valence-electron chi connectivity index (χ4n) is 2.11. The van der Waals surface area contributed by atoms with Gasteiger partial charge in [-0.05, 0) is 42.5 Å². The largest absolute Gasteiger partial charge is 0.497 e. The molecule has 0 spiro atoms. The van der Waals surface area contributed by atoms with Gasteiger partial charge in [0.05, 0.1) is 19.3 Å². The maximum atomic E-state index is 11.8. The molecular weight excluding hydrogens is 318 g/mol. The normalized spacial score (nSPS) is 10.8. The van der Waals surface area contributed by atoms with Crippen LogP contribution < -0.4 is 10.1 Å². The second-order valence-electron chi connectivity index (χ2n) is 5.14. The number of pyridine rings is 1. The van der Waals surface area contributed by atoms with E-state index in [1.165, 1.54) is 6.08 Å². The highest BCUT2D eigenvalue weighted by Crippen LogP contribution is 2.18. The van der Waals surface area contributed by atoms with Crippen LogP contribution in [0.1, 0.15) is 11.5 Å². The average Bonchev–Trinajstić information content (AvgIpc) is 3.14. The molecule has 126 valence electrons. The number of methoxy groups -OCH3 is 1. The van der Waals surface area contributed by atoms with E-state index in [1.807, 2.05) is 42.5 Å². The SMILES string of the molecule is COc1ccc(-c2n[nH]c(CNC(=O)/C=C/c3ccccn3)n2)cc1. The Morgan fingerprint density at radius 2 is 2.08 bits per heavy atom. The summed E-state index contributed by atoms with van der Waals surface area (Å²) in [5.74, 6) is 1.68. The Hall–Kier alpha value is -3.48. The Balaban J connectivity index is 1.56. The number of amides is 1. The van der Waals surface area contributed by atoms with E-state index in [9.17, 15) is 4.79 Å². The highest BCUT2D eigenvalue weighted by molar-refractivity contribution is 5.91. The molecule has 1 amide bonds. The molecule has 1 aromatic carbocycles. The zero-order valence-electron chi connectivity index (χ0n) is 13.6. The van der Waals surface area contributed by atoms with Crippen molar-refractivity contribution in [2.75, 3.05) is 7.11 Å². The van der Waals surface area contributed by atoms with Gasteiger partial charge in [-0.15, -0.1) is 0 Å². The molecule has 0 saturated heterocycles. The molecule has 3 aromatic rings. The molecule has 2 heterocycles. The van der Waals surface area contributed by atoms with Gasteiger partial charge in [-0.25, -0.2) is 4.98 Å². The van der Waals surface area contributed by atoms with E-state index in [2.05, 4.69) is 25.5 Å². The fraction of sp³-hybridized carbons (Fsp3) is 0.111. The van der Waals surface area contributed by atoms with Crippen molar-refractivity contribution in [1.82, 2.24) is 25.5 Å². The minimum absolute atomic E-state index is 0.229. The quantitative estimate of drug-likeness (QED) is 0.674. The lowest BCUT2D eigenvalue weighted by Crippen LogP contribution is -2.21. The molecule has 0 radical (unpaired) electrons. The van der Waals surface area contributed by atoms with Crippen molar-refractivity contribution >= 4 is 12.0 Å². The molecule has 0 saturated carbocycles. The lowest BCUT2D eigenvalue weighted by Gasteiger charge is -1.99. The van der Waals surface area contributed by atoms with Gasteiger partial charge in [-0.2, -0.15) is 5.10 Å². The van der Waals surface area contributed by atoms with Gasteiger partial charge in [0.15, 0.2) is 5.82 Å².